The van der Waals surface area contributed by atoms with Crippen LogP contribution in [0.5, 0.6) is 0 Å². The molecule has 0 saturated carbocycles. The zero-order valence-electron chi connectivity index (χ0n) is 18.1. The molecule has 0 aliphatic heterocycles. The van der Waals surface area contributed by atoms with Crippen molar-refractivity contribution in [3.05, 3.63) is 35.9 Å². The minimum Gasteiger partial charge on any atom is -0.0654 e. The van der Waals surface area contributed by atoms with Gasteiger partial charge >= 0.3 is 0 Å². The van der Waals surface area contributed by atoms with E-state index in [2.05, 4.69) is 85.7 Å². The minimum absolute atomic E-state index is 0.552. The molecule has 0 nitrogen and oxygen atoms in total. The molecule has 0 saturated heterocycles. The molecule has 0 spiro atoms. The molecular formula is C24H46. The summed E-state index contributed by atoms with van der Waals surface area (Å²) in [5.74, 6) is 0.898. The first-order valence-corrected chi connectivity index (χ1v) is 10.3. The molecule has 0 unspecified atom stereocenters. The van der Waals surface area contributed by atoms with Crippen LogP contribution in [-0.4, -0.2) is 0 Å². The van der Waals surface area contributed by atoms with Crippen molar-refractivity contribution in [2.75, 3.05) is 0 Å². The zero-order chi connectivity index (χ0) is 18.8. The fourth-order valence-corrected chi connectivity index (χ4v) is 2.31. The number of rotatable bonds is 7. The Labute approximate surface area is 154 Å². The van der Waals surface area contributed by atoms with Gasteiger partial charge in [-0.1, -0.05) is 118 Å². The van der Waals surface area contributed by atoms with E-state index in [1.165, 1.54) is 56.9 Å². The molecule has 0 fully saturated rings. The Morgan fingerprint density at radius 1 is 0.792 bits per heavy atom. The van der Waals surface area contributed by atoms with Gasteiger partial charge in [0.2, 0.25) is 0 Å². The summed E-state index contributed by atoms with van der Waals surface area (Å²) in [5.41, 5.74) is 2.01. The number of hydrogen-bond acceptors (Lipinski definition) is 0. The third kappa shape index (κ3) is 23.5. The van der Waals surface area contributed by atoms with Crippen LogP contribution in [0.3, 0.4) is 0 Å². The molecule has 24 heavy (non-hydrogen) atoms. The van der Waals surface area contributed by atoms with E-state index in [-0.39, 0.29) is 0 Å². The topological polar surface area (TPSA) is 0 Å². The summed E-state index contributed by atoms with van der Waals surface area (Å²) in [6.45, 7) is 18.1. The molecule has 0 atom stereocenters. The first kappa shape index (κ1) is 25.5. The van der Waals surface area contributed by atoms with E-state index < -0.39 is 0 Å². The fraction of sp³-hybridized carbons (Fsp3) is 0.750. The van der Waals surface area contributed by atoms with Crippen LogP contribution in [0.25, 0.3) is 0 Å². The largest absolute Gasteiger partial charge is 0.0654 e. The summed E-state index contributed by atoms with van der Waals surface area (Å²) in [5, 5.41) is 0. The average Bonchev–Trinajstić information content (AvgIpc) is 2.52. The Bertz CT molecular complexity index is 329. The van der Waals surface area contributed by atoms with Gasteiger partial charge in [-0.05, 0) is 36.2 Å². The molecule has 0 amide bonds. The average molecular weight is 335 g/mol. The van der Waals surface area contributed by atoms with Gasteiger partial charge in [0.15, 0.2) is 0 Å². The third-order valence-corrected chi connectivity index (χ3v) is 3.81. The molecule has 1 aromatic carbocycles. The van der Waals surface area contributed by atoms with Crippen LogP contribution in [0.4, 0.5) is 0 Å². The van der Waals surface area contributed by atoms with Crippen molar-refractivity contribution < 1.29 is 0 Å². The molecule has 1 rings (SSSR count). The number of aryl methyl sites for hydroxylation is 1. The maximum absolute atomic E-state index is 2.29. The second-order valence-corrected chi connectivity index (χ2v) is 8.44. The fourth-order valence-electron chi connectivity index (χ4n) is 2.31. The van der Waals surface area contributed by atoms with Gasteiger partial charge in [0.1, 0.15) is 0 Å². The van der Waals surface area contributed by atoms with Gasteiger partial charge < -0.3 is 0 Å². The Balaban J connectivity index is 0. The van der Waals surface area contributed by atoms with Gasteiger partial charge in [0.05, 0.1) is 0 Å². The van der Waals surface area contributed by atoms with E-state index in [0.717, 1.165) is 5.92 Å². The summed E-state index contributed by atoms with van der Waals surface area (Å²) in [6, 6.07) is 10.6. The molecule has 0 bridgehead atoms. The van der Waals surface area contributed by atoms with Crippen molar-refractivity contribution in [3.63, 3.8) is 0 Å². The Hall–Kier alpha value is -0.780. The summed E-state index contributed by atoms with van der Waals surface area (Å²) in [6.07, 6.45) is 10.6. The first-order valence-electron chi connectivity index (χ1n) is 10.3. The number of unbranched alkanes of at least 4 members (excludes halogenated alkanes) is 2. The first-order chi connectivity index (χ1) is 11.3. The Morgan fingerprint density at radius 3 is 1.62 bits per heavy atom. The molecule has 0 heteroatoms. The molecule has 0 aliphatic rings. The lowest BCUT2D eigenvalue weighted by atomic mass is 9.90. The maximum atomic E-state index is 2.29. The van der Waals surface area contributed by atoms with Crippen LogP contribution in [0.1, 0.15) is 106 Å². The van der Waals surface area contributed by atoms with Crippen molar-refractivity contribution in [3.8, 4) is 0 Å². The highest BCUT2D eigenvalue weighted by atomic mass is 14.1. The van der Waals surface area contributed by atoms with Crippen LogP contribution < -0.4 is 0 Å². The maximum Gasteiger partial charge on any atom is -0.0279 e. The highest BCUT2D eigenvalue weighted by Gasteiger charge is 2.07. The monoisotopic (exact) mass is 334 g/mol. The zero-order valence-corrected chi connectivity index (χ0v) is 18.1. The standard InChI is InChI=1S/C10H14.C8H18.C6H14/c1-2-3-7-10-8-5-4-6-9-10;1-5-6-7-8(2,3)4;1-4-5-6(2)3/h4-6,8-9H,2-3,7H2,1H3;5-7H2,1-4H3;6H,4-5H2,1-3H3. The van der Waals surface area contributed by atoms with Crippen molar-refractivity contribution in [1.29, 1.82) is 0 Å². The summed E-state index contributed by atoms with van der Waals surface area (Å²) in [7, 11) is 0. The molecule has 0 aliphatic carbocycles. The molecule has 0 radical (unpaired) electrons. The smallest absolute Gasteiger partial charge is 0.0279 e. The minimum atomic E-state index is 0.552. The highest BCUT2D eigenvalue weighted by Crippen LogP contribution is 2.20. The van der Waals surface area contributed by atoms with E-state index in [1.807, 2.05) is 0 Å². The summed E-state index contributed by atoms with van der Waals surface area (Å²) in [4.78, 5) is 0. The van der Waals surface area contributed by atoms with Crippen molar-refractivity contribution in [2.45, 2.75) is 107 Å². The molecule has 0 aromatic heterocycles. The Morgan fingerprint density at radius 2 is 1.33 bits per heavy atom. The lowest BCUT2D eigenvalue weighted by Crippen LogP contribution is -2.03. The van der Waals surface area contributed by atoms with Crippen molar-refractivity contribution >= 4 is 0 Å². The summed E-state index contributed by atoms with van der Waals surface area (Å²) < 4.78 is 0. The molecule has 0 heterocycles. The van der Waals surface area contributed by atoms with Crippen LogP contribution >= 0.6 is 0 Å². The third-order valence-electron chi connectivity index (χ3n) is 3.81. The highest BCUT2D eigenvalue weighted by molar-refractivity contribution is 5.14. The lowest BCUT2D eigenvalue weighted by molar-refractivity contribution is 0.363. The Kier molecular flexibility index (Phi) is 18.1. The normalized spacial score (nSPS) is 10.5. The van der Waals surface area contributed by atoms with Gasteiger partial charge in [-0.2, -0.15) is 0 Å². The summed E-state index contributed by atoms with van der Waals surface area (Å²) >= 11 is 0. The van der Waals surface area contributed by atoms with E-state index in [9.17, 15) is 0 Å². The van der Waals surface area contributed by atoms with Gasteiger partial charge in [0.25, 0.3) is 0 Å². The van der Waals surface area contributed by atoms with Crippen LogP contribution in [0.15, 0.2) is 30.3 Å². The molecular weight excluding hydrogens is 288 g/mol. The van der Waals surface area contributed by atoms with E-state index >= 15 is 0 Å². The van der Waals surface area contributed by atoms with Gasteiger partial charge in [-0.15, -0.1) is 0 Å². The quantitative estimate of drug-likeness (QED) is 0.467. The molecule has 0 N–H and O–H groups in total. The van der Waals surface area contributed by atoms with Crippen LogP contribution in [-0.2, 0) is 6.42 Å². The number of benzene rings is 1. The van der Waals surface area contributed by atoms with Crippen molar-refractivity contribution in [1.82, 2.24) is 0 Å². The van der Waals surface area contributed by atoms with E-state index in [1.54, 1.807) is 0 Å². The van der Waals surface area contributed by atoms with Gasteiger partial charge in [0, 0.05) is 0 Å². The van der Waals surface area contributed by atoms with E-state index in [0.29, 0.717) is 5.41 Å². The van der Waals surface area contributed by atoms with Crippen LogP contribution in [0, 0.1) is 11.3 Å². The van der Waals surface area contributed by atoms with Gasteiger partial charge in [-0.3, -0.25) is 0 Å². The predicted octanol–water partition coefficient (Wildman–Crippen LogP) is 8.69. The predicted molar refractivity (Wildman–Crippen MR) is 114 cm³/mol. The van der Waals surface area contributed by atoms with E-state index in [4.69, 9.17) is 0 Å². The second kappa shape index (κ2) is 17.1. The van der Waals surface area contributed by atoms with Crippen LogP contribution in [0.2, 0.25) is 0 Å². The SMILES string of the molecule is CCCC(C)C.CCCCC(C)(C)C.CCCCc1ccccc1. The number of hydrogen-bond donors (Lipinski definition) is 0. The molecule has 1 aromatic rings. The second-order valence-electron chi connectivity index (χ2n) is 8.44. The van der Waals surface area contributed by atoms with Gasteiger partial charge in [-0.25, -0.2) is 0 Å². The lowest BCUT2D eigenvalue weighted by Gasteiger charge is -2.16. The van der Waals surface area contributed by atoms with Crippen molar-refractivity contribution in [2.24, 2.45) is 11.3 Å². The molecule has 142 valence electrons.